The zero-order valence-electron chi connectivity index (χ0n) is 13.3. The van der Waals surface area contributed by atoms with Gasteiger partial charge < -0.3 is 5.32 Å². The van der Waals surface area contributed by atoms with Gasteiger partial charge in [-0.05, 0) is 55.3 Å². The number of unbranched alkanes of at least 4 members (excludes halogenated alkanes) is 1. The number of halogens is 1. The molecule has 0 heterocycles. The Bertz CT molecular complexity index is 759. The van der Waals surface area contributed by atoms with Crippen LogP contribution in [0.25, 0.3) is 0 Å². The van der Waals surface area contributed by atoms with Crippen LogP contribution in [0.3, 0.4) is 0 Å². The van der Waals surface area contributed by atoms with Crippen molar-refractivity contribution in [2.75, 3.05) is 15.8 Å². The van der Waals surface area contributed by atoms with Gasteiger partial charge in [0, 0.05) is 22.1 Å². The Morgan fingerprint density at radius 1 is 1.04 bits per heavy atom. The number of anilines is 3. The molecule has 2 aromatic carbocycles. The van der Waals surface area contributed by atoms with Gasteiger partial charge in [0.05, 0.1) is 5.75 Å². The summed E-state index contributed by atoms with van der Waals surface area (Å²) < 4.78 is 26.3. The number of aryl methyl sites for hydroxylation is 1. The average molecular weight is 353 g/mol. The molecule has 2 rings (SSSR count). The summed E-state index contributed by atoms with van der Waals surface area (Å²) in [5.74, 6) is 0.144. The molecule has 4 nitrogen and oxygen atoms in total. The molecular weight excluding hydrogens is 332 g/mol. The summed E-state index contributed by atoms with van der Waals surface area (Å²) >= 11 is 6.01. The predicted molar refractivity (Wildman–Crippen MR) is 98.2 cm³/mol. The van der Waals surface area contributed by atoms with Gasteiger partial charge in [0.25, 0.3) is 0 Å². The van der Waals surface area contributed by atoms with E-state index in [0.29, 0.717) is 17.1 Å². The Hall–Kier alpha value is -1.72. The highest BCUT2D eigenvalue weighted by Crippen LogP contribution is 2.25. The maximum Gasteiger partial charge on any atom is 0.232 e. The third-order valence-corrected chi connectivity index (χ3v) is 5.01. The van der Waals surface area contributed by atoms with Crippen molar-refractivity contribution in [3.63, 3.8) is 0 Å². The van der Waals surface area contributed by atoms with E-state index in [1.54, 1.807) is 12.1 Å². The Labute approximate surface area is 142 Å². The summed E-state index contributed by atoms with van der Waals surface area (Å²) in [6.07, 6.45) is 1.51. The van der Waals surface area contributed by atoms with Gasteiger partial charge in [0.2, 0.25) is 10.0 Å². The lowest BCUT2D eigenvalue weighted by Crippen LogP contribution is -2.16. The number of benzene rings is 2. The molecule has 2 N–H and O–H groups in total. The molecule has 0 saturated heterocycles. The molecule has 0 aliphatic carbocycles. The van der Waals surface area contributed by atoms with Crippen molar-refractivity contribution in [2.24, 2.45) is 0 Å². The van der Waals surface area contributed by atoms with E-state index in [1.807, 2.05) is 44.2 Å². The van der Waals surface area contributed by atoms with Crippen LogP contribution in [0.1, 0.15) is 25.3 Å². The minimum absolute atomic E-state index is 0.144. The highest BCUT2D eigenvalue weighted by atomic mass is 35.5. The van der Waals surface area contributed by atoms with Crippen molar-refractivity contribution < 1.29 is 8.42 Å². The standard InChI is InChI=1S/C17H21ClN2O2S/c1-3-4-11-23(21,22)20-16-9-7-15(8-10-16)19-17-12-14(18)6-5-13(17)2/h5-10,12,19-20H,3-4,11H2,1-2H3. The first-order valence-corrected chi connectivity index (χ1v) is 9.56. The van der Waals surface area contributed by atoms with E-state index >= 15 is 0 Å². The van der Waals surface area contributed by atoms with E-state index in [9.17, 15) is 8.42 Å². The maximum absolute atomic E-state index is 11.9. The van der Waals surface area contributed by atoms with Crippen molar-refractivity contribution in [2.45, 2.75) is 26.7 Å². The van der Waals surface area contributed by atoms with Gasteiger partial charge >= 0.3 is 0 Å². The molecule has 0 spiro atoms. The van der Waals surface area contributed by atoms with E-state index < -0.39 is 10.0 Å². The lowest BCUT2D eigenvalue weighted by Gasteiger charge is -2.12. The minimum Gasteiger partial charge on any atom is -0.355 e. The molecule has 0 bridgehead atoms. The number of rotatable bonds is 7. The monoisotopic (exact) mass is 352 g/mol. The molecule has 0 amide bonds. The lowest BCUT2D eigenvalue weighted by atomic mass is 10.2. The molecule has 2 aromatic rings. The molecule has 0 aromatic heterocycles. The van der Waals surface area contributed by atoms with Crippen molar-refractivity contribution in [3.8, 4) is 0 Å². The summed E-state index contributed by atoms with van der Waals surface area (Å²) in [4.78, 5) is 0. The van der Waals surface area contributed by atoms with Crippen molar-refractivity contribution >= 4 is 38.7 Å². The normalized spacial score (nSPS) is 11.3. The maximum atomic E-state index is 11.9. The van der Waals surface area contributed by atoms with Crippen molar-refractivity contribution in [1.82, 2.24) is 0 Å². The molecule has 0 atom stereocenters. The third kappa shape index (κ3) is 5.44. The summed E-state index contributed by atoms with van der Waals surface area (Å²) in [5.41, 5.74) is 3.44. The van der Waals surface area contributed by atoms with Crippen LogP contribution >= 0.6 is 11.6 Å². The first-order valence-electron chi connectivity index (χ1n) is 7.53. The molecule has 23 heavy (non-hydrogen) atoms. The van der Waals surface area contributed by atoms with Gasteiger partial charge in [-0.3, -0.25) is 4.72 Å². The molecule has 0 aliphatic rings. The Morgan fingerprint density at radius 2 is 1.70 bits per heavy atom. The van der Waals surface area contributed by atoms with Gasteiger partial charge in [-0.1, -0.05) is 31.0 Å². The zero-order valence-corrected chi connectivity index (χ0v) is 14.8. The van der Waals surface area contributed by atoms with Gasteiger partial charge in [0.1, 0.15) is 0 Å². The van der Waals surface area contributed by atoms with Crippen LogP contribution in [0.4, 0.5) is 17.1 Å². The van der Waals surface area contributed by atoms with E-state index in [2.05, 4.69) is 10.0 Å². The topological polar surface area (TPSA) is 58.2 Å². The SMILES string of the molecule is CCCCS(=O)(=O)Nc1ccc(Nc2cc(Cl)ccc2C)cc1. The fraction of sp³-hybridized carbons (Fsp3) is 0.294. The summed E-state index contributed by atoms with van der Waals surface area (Å²) in [6.45, 7) is 3.96. The first kappa shape index (κ1) is 17.6. The average Bonchev–Trinajstić information content (AvgIpc) is 2.51. The Balaban J connectivity index is 2.06. The van der Waals surface area contributed by atoms with E-state index in [0.717, 1.165) is 23.4 Å². The summed E-state index contributed by atoms with van der Waals surface area (Å²) in [7, 11) is -3.27. The van der Waals surface area contributed by atoms with Gasteiger partial charge in [-0.2, -0.15) is 0 Å². The molecular formula is C17H21ClN2O2S. The van der Waals surface area contributed by atoms with Gasteiger partial charge in [0.15, 0.2) is 0 Å². The molecule has 0 radical (unpaired) electrons. The molecule has 0 fully saturated rings. The van der Waals surface area contributed by atoms with Crippen molar-refractivity contribution in [1.29, 1.82) is 0 Å². The third-order valence-electron chi connectivity index (χ3n) is 3.40. The molecule has 6 heteroatoms. The second-order valence-corrected chi connectivity index (χ2v) is 7.71. The van der Waals surface area contributed by atoms with Crippen LogP contribution in [0.2, 0.25) is 5.02 Å². The van der Waals surface area contributed by atoms with E-state index in [-0.39, 0.29) is 5.75 Å². The van der Waals surface area contributed by atoms with E-state index in [4.69, 9.17) is 11.6 Å². The van der Waals surface area contributed by atoms with Crippen LogP contribution in [-0.4, -0.2) is 14.2 Å². The zero-order chi connectivity index (χ0) is 16.9. The fourth-order valence-electron chi connectivity index (χ4n) is 2.07. The second-order valence-electron chi connectivity index (χ2n) is 5.44. The summed E-state index contributed by atoms with van der Waals surface area (Å²) in [6, 6.07) is 12.8. The number of hydrogen-bond acceptors (Lipinski definition) is 3. The molecule has 0 aliphatic heterocycles. The highest BCUT2D eigenvalue weighted by molar-refractivity contribution is 7.92. The molecule has 0 unspecified atom stereocenters. The number of sulfonamides is 1. The second kappa shape index (κ2) is 7.70. The van der Waals surface area contributed by atoms with Gasteiger partial charge in [-0.25, -0.2) is 8.42 Å². The van der Waals surface area contributed by atoms with Crippen LogP contribution in [0.15, 0.2) is 42.5 Å². The van der Waals surface area contributed by atoms with Crippen molar-refractivity contribution in [3.05, 3.63) is 53.1 Å². The highest BCUT2D eigenvalue weighted by Gasteiger charge is 2.09. The largest absolute Gasteiger partial charge is 0.355 e. The van der Waals surface area contributed by atoms with Crippen LogP contribution < -0.4 is 10.0 Å². The Morgan fingerprint density at radius 3 is 2.35 bits per heavy atom. The quantitative estimate of drug-likeness (QED) is 0.742. The fourth-order valence-corrected chi connectivity index (χ4v) is 3.51. The first-order chi connectivity index (χ1) is 10.9. The minimum atomic E-state index is -3.27. The number of nitrogens with one attached hydrogen (secondary N) is 2. The van der Waals surface area contributed by atoms with Crippen LogP contribution in [-0.2, 0) is 10.0 Å². The van der Waals surface area contributed by atoms with Gasteiger partial charge in [-0.15, -0.1) is 0 Å². The molecule has 0 saturated carbocycles. The Kier molecular flexibility index (Phi) is 5.91. The van der Waals surface area contributed by atoms with Crippen LogP contribution in [0.5, 0.6) is 0 Å². The predicted octanol–water partition coefficient (Wildman–Crippen LogP) is 4.93. The lowest BCUT2D eigenvalue weighted by molar-refractivity contribution is 0.598. The number of hydrogen-bond donors (Lipinski definition) is 2. The summed E-state index contributed by atoms with van der Waals surface area (Å²) in [5, 5.41) is 3.94. The smallest absolute Gasteiger partial charge is 0.232 e. The van der Waals surface area contributed by atoms with E-state index in [1.165, 1.54) is 0 Å². The molecule has 124 valence electrons. The van der Waals surface area contributed by atoms with Crippen LogP contribution in [0, 0.1) is 6.92 Å².